The Morgan fingerprint density at radius 2 is 2.00 bits per heavy atom. The van der Waals surface area contributed by atoms with Gasteiger partial charge in [0.1, 0.15) is 23.7 Å². The van der Waals surface area contributed by atoms with Crippen molar-refractivity contribution >= 4 is 5.84 Å². The highest BCUT2D eigenvalue weighted by Gasteiger charge is 2.10. The molecule has 0 bridgehead atoms. The SMILES string of the molecule is Cc1ccc(=N)n(C(=N)c2cccc(OCCN3CCOCC3)c2)c1. The second kappa shape index (κ2) is 8.09. The number of aryl methyl sites for hydroxylation is 1. The van der Waals surface area contributed by atoms with Gasteiger partial charge in [-0.15, -0.1) is 0 Å². The zero-order valence-electron chi connectivity index (χ0n) is 14.5. The number of morpholine rings is 1. The average Bonchev–Trinajstić information content (AvgIpc) is 2.64. The molecule has 1 saturated heterocycles. The molecule has 0 unspecified atom stereocenters. The van der Waals surface area contributed by atoms with Crippen molar-refractivity contribution in [3.05, 3.63) is 59.2 Å². The predicted molar refractivity (Wildman–Crippen MR) is 96.4 cm³/mol. The van der Waals surface area contributed by atoms with Crippen LogP contribution in [0.1, 0.15) is 11.1 Å². The molecular weight excluding hydrogens is 316 g/mol. The third-order valence-electron chi connectivity index (χ3n) is 4.22. The van der Waals surface area contributed by atoms with E-state index in [9.17, 15) is 0 Å². The average molecular weight is 340 g/mol. The summed E-state index contributed by atoms with van der Waals surface area (Å²) in [4.78, 5) is 2.32. The third-order valence-corrected chi connectivity index (χ3v) is 4.22. The molecule has 0 atom stereocenters. The van der Waals surface area contributed by atoms with E-state index in [1.165, 1.54) is 0 Å². The Bertz CT molecular complexity index is 794. The molecule has 0 aliphatic carbocycles. The van der Waals surface area contributed by atoms with E-state index in [-0.39, 0.29) is 11.3 Å². The normalized spacial score (nSPS) is 15.1. The molecule has 3 rings (SSSR count). The Morgan fingerprint density at radius 1 is 1.20 bits per heavy atom. The molecule has 2 N–H and O–H groups in total. The van der Waals surface area contributed by atoms with E-state index < -0.39 is 0 Å². The van der Waals surface area contributed by atoms with Gasteiger partial charge in [0.25, 0.3) is 0 Å². The van der Waals surface area contributed by atoms with Crippen LogP contribution in [0.5, 0.6) is 5.75 Å². The number of aromatic nitrogens is 1. The van der Waals surface area contributed by atoms with Crippen LogP contribution in [-0.4, -0.2) is 54.8 Å². The minimum absolute atomic E-state index is 0.271. The molecule has 0 saturated carbocycles. The molecule has 1 aromatic carbocycles. The monoisotopic (exact) mass is 340 g/mol. The quantitative estimate of drug-likeness (QED) is 0.644. The molecule has 2 aromatic rings. The van der Waals surface area contributed by atoms with Gasteiger partial charge in [-0.3, -0.25) is 20.3 Å². The second-order valence-corrected chi connectivity index (χ2v) is 6.14. The molecule has 25 heavy (non-hydrogen) atoms. The van der Waals surface area contributed by atoms with Gasteiger partial charge in [0, 0.05) is 31.4 Å². The van der Waals surface area contributed by atoms with E-state index in [1.54, 1.807) is 16.8 Å². The van der Waals surface area contributed by atoms with Crippen molar-refractivity contribution in [1.82, 2.24) is 9.47 Å². The van der Waals surface area contributed by atoms with Crippen molar-refractivity contribution < 1.29 is 9.47 Å². The number of hydrogen-bond donors (Lipinski definition) is 2. The van der Waals surface area contributed by atoms with Crippen LogP contribution < -0.4 is 10.2 Å². The zero-order chi connectivity index (χ0) is 17.6. The Hall–Kier alpha value is -2.44. The summed E-state index contributed by atoms with van der Waals surface area (Å²) in [5.41, 5.74) is 2.03. The second-order valence-electron chi connectivity index (χ2n) is 6.14. The summed E-state index contributed by atoms with van der Waals surface area (Å²) >= 11 is 0. The van der Waals surface area contributed by atoms with E-state index in [1.807, 2.05) is 37.3 Å². The Kier molecular flexibility index (Phi) is 5.63. The van der Waals surface area contributed by atoms with Crippen LogP contribution in [0.2, 0.25) is 0 Å². The highest BCUT2D eigenvalue weighted by molar-refractivity contribution is 5.98. The van der Waals surface area contributed by atoms with Crippen molar-refractivity contribution in [2.45, 2.75) is 6.92 Å². The van der Waals surface area contributed by atoms with Crippen LogP contribution in [0.15, 0.2) is 42.6 Å². The Labute approximate surface area is 147 Å². The number of benzene rings is 1. The number of pyridine rings is 1. The standard InChI is InChI=1S/C19H24N4O2/c1-15-5-6-18(20)23(14-15)19(21)16-3-2-4-17(13-16)25-12-9-22-7-10-24-11-8-22/h2-6,13-14,20-21H,7-12H2,1H3. The molecule has 2 heterocycles. The van der Waals surface area contributed by atoms with Gasteiger partial charge in [0.15, 0.2) is 0 Å². The number of ether oxygens (including phenoxy) is 2. The lowest BCUT2D eigenvalue weighted by Crippen LogP contribution is -2.38. The molecule has 0 spiro atoms. The Morgan fingerprint density at radius 3 is 2.80 bits per heavy atom. The molecule has 6 nitrogen and oxygen atoms in total. The first kappa shape index (κ1) is 17.4. The van der Waals surface area contributed by atoms with Crippen LogP contribution >= 0.6 is 0 Å². The lowest BCUT2D eigenvalue weighted by Gasteiger charge is -2.26. The van der Waals surface area contributed by atoms with Crippen LogP contribution in [-0.2, 0) is 4.74 Å². The molecule has 6 heteroatoms. The lowest BCUT2D eigenvalue weighted by molar-refractivity contribution is 0.0322. The molecule has 0 amide bonds. The first-order valence-electron chi connectivity index (χ1n) is 8.49. The fraction of sp³-hybridized carbons (Fsp3) is 0.368. The Balaban J connectivity index is 1.65. The lowest BCUT2D eigenvalue weighted by atomic mass is 10.2. The largest absolute Gasteiger partial charge is 0.492 e. The van der Waals surface area contributed by atoms with Crippen LogP contribution in [0.3, 0.4) is 0 Å². The maximum atomic E-state index is 8.41. The summed E-state index contributed by atoms with van der Waals surface area (Å²) in [6.45, 7) is 6.90. The number of rotatable bonds is 5. The summed E-state index contributed by atoms with van der Waals surface area (Å²) in [7, 11) is 0. The van der Waals surface area contributed by atoms with Crippen LogP contribution in [0.4, 0.5) is 0 Å². The van der Waals surface area contributed by atoms with Crippen LogP contribution in [0, 0.1) is 17.7 Å². The van der Waals surface area contributed by atoms with Gasteiger partial charge in [-0.05, 0) is 30.7 Å². The van der Waals surface area contributed by atoms with Crippen molar-refractivity contribution in [3.8, 4) is 5.75 Å². The van der Waals surface area contributed by atoms with Crippen molar-refractivity contribution in [1.29, 1.82) is 10.8 Å². The fourth-order valence-corrected chi connectivity index (χ4v) is 2.78. The van der Waals surface area contributed by atoms with Gasteiger partial charge < -0.3 is 9.47 Å². The number of hydrogen-bond acceptors (Lipinski definition) is 5. The summed E-state index contributed by atoms with van der Waals surface area (Å²) in [6, 6.07) is 11.1. The van der Waals surface area contributed by atoms with Gasteiger partial charge in [-0.1, -0.05) is 18.2 Å². The molecule has 1 aromatic heterocycles. The highest BCUT2D eigenvalue weighted by Crippen LogP contribution is 2.14. The van der Waals surface area contributed by atoms with Gasteiger partial charge in [0.05, 0.1) is 13.2 Å². The van der Waals surface area contributed by atoms with Gasteiger partial charge in [-0.2, -0.15) is 0 Å². The van der Waals surface area contributed by atoms with Gasteiger partial charge >= 0.3 is 0 Å². The molecule has 1 aliphatic rings. The smallest absolute Gasteiger partial charge is 0.138 e. The van der Waals surface area contributed by atoms with Crippen molar-refractivity contribution in [2.75, 3.05) is 39.5 Å². The third kappa shape index (κ3) is 4.55. The molecule has 1 aliphatic heterocycles. The molecular formula is C19H24N4O2. The summed E-state index contributed by atoms with van der Waals surface area (Å²) in [5.74, 6) is 1.02. The van der Waals surface area contributed by atoms with E-state index >= 15 is 0 Å². The summed E-state index contributed by atoms with van der Waals surface area (Å²) in [5, 5.41) is 16.4. The van der Waals surface area contributed by atoms with E-state index in [2.05, 4.69) is 4.90 Å². The minimum atomic E-state index is 0.271. The fourth-order valence-electron chi connectivity index (χ4n) is 2.78. The number of nitrogens with one attached hydrogen (secondary N) is 2. The molecule has 132 valence electrons. The molecule has 1 fully saturated rings. The first-order valence-corrected chi connectivity index (χ1v) is 8.49. The van der Waals surface area contributed by atoms with E-state index in [4.69, 9.17) is 20.3 Å². The van der Waals surface area contributed by atoms with Crippen molar-refractivity contribution in [3.63, 3.8) is 0 Å². The zero-order valence-corrected chi connectivity index (χ0v) is 14.5. The topological polar surface area (TPSA) is 74.3 Å². The van der Waals surface area contributed by atoms with Gasteiger partial charge in [-0.25, -0.2) is 0 Å². The molecule has 0 radical (unpaired) electrons. The minimum Gasteiger partial charge on any atom is -0.492 e. The predicted octanol–water partition coefficient (Wildman–Crippen LogP) is 1.86. The number of nitrogens with zero attached hydrogens (tertiary/aromatic N) is 2. The van der Waals surface area contributed by atoms with E-state index in [0.29, 0.717) is 6.61 Å². The highest BCUT2D eigenvalue weighted by atomic mass is 16.5. The van der Waals surface area contributed by atoms with E-state index in [0.717, 1.165) is 49.7 Å². The maximum Gasteiger partial charge on any atom is 0.138 e. The summed E-state index contributed by atoms with van der Waals surface area (Å²) < 4.78 is 12.8. The van der Waals surface area contributed by atoms with Crippen molar-refractivity contribution in [2.24, 2.45) is 0 Å². The maximum absolute atomic E-state index is 8.41. The summed E-state index contributed by atoms with van der Waals surface area (Å²) in [6.07, 6.45) is 1.80. The first-order chi connectivity index (χ1) is 12.1. The van der Waals surface area contributed by atoms with Gasteiger partial charge in [0.2, 0.25) is 0 Å². The van der Waals surface area contributed by atoms with Crippen LogP contribution in [0.25, 0.3) is 0 Å².